The van der Waals surface area contributed by atoms with Gasteiger partial charge in [-0.25, -0.2) is 9.78 Å². The van der Waals surface area contributed by atoms with Gasteiger partial charge in [0.2, 0.25) is 5.82 Å². The summed E-state index contributed by atoms with van der Waals surface area (Å²) in [6.45, 7) is 2.20. The van der Waals surface area contributed by atoms with Crippen LogP contribution in [0.1, 0.15) is 21.9 Å². The minimum absolute atomic E-state index is 0.226. The summed E-state index contributed by atoms with van der Waals surface area (Å²) in [4.78, 5) is 28.6. The maximum atomic E-state index is 12.2. The molecule has 4 aromatic rings. The predicted molar refractivity (Wildman–Crippen MR) is 113 cm³/mol. The molecule has 0 saturated carbocycles. The Kier molecular flexibility index (Phi) is 5.79. The van der Waals surface area contributed by atoms with E-state index in [1.165, 1.54) is 6.26 Å². The van der Waals surface area contributed by atoms with Crippen LogP contribution >= 0.6 is 0 Å². The third-order valence-electron chi connectivity index (χ3n) is 4.40. The van der Waals surface area contributed by atoms with Crippen LogP contribution in [0, 0.1) is 6.92 Å². The maximum absolute atomic E-state index is 12.2. The lowest BCUT2D eigenvalue weighted by Gasteiger charge is -2.11. The molecule has 31 heavy (non-hydrogen) atoms. The first-order valence-electron chi connectivity index (χ1n) is 9.54. The van der Waals surface area contributed by atoms with Crippen LogP contribution in [0.15, 0.2) is 63.8 Å². The average Bonchev–Trinajstić information content (AvgIpc) is 3.52. The second-order valence-corrected chi connectivity index (χ2v) is 6.68. The molecular formula is C21H20N6O4. The summed E-state index contributed by atoms with van der Waals surface area (Å²) >= 11 is 0. The highest BCUT2D eigenvalue weighted by atomic mass is 16.3. The second-order valence-electron chi connectivity index (χ2n) is 6.68. The Balaban J connectivity index is 1.26. The summed E-state index contributed by atoms with van der Waals surface area (Å²) in [5.41, 5.74) is 2.03. The molecule has 3 aromatic heterocycles. The number of rotatable bonds is 7. The molecule has 10 heteroatoms. The third kappa shape index (κ3) is 4.99. The van der Waals surface area contributed by atoms with Gasteiger partial charge in [0.05, 0.1) is 12.5 Å². The molecule has 3 amide bonds. The number of hydrogen-bond acceptors (Lipinski definition) is 6. The van der Waals surface area contributed by atoms with Crippen LogP contribution in [0.3, 0.4) is 0 Å². The highest BCUT2D eigenvalue weighted by Gasteiger charge is 2.12. The highest BCUT2D eigenvalue weighted by molar-refractivity contribution is 6.02. The Hall–Kier alpha value is -4.34. The van der Waals surface area contributed by atoms with Gasteiger partial charge in [-0.1, -0.05) is 0 Å². The summed E-state index contributed by atoms with van der Waals surface area (Å²) in [5.74, 6) is 1.57. The van der Waals surface area contributed by atoms with Gasteiger partial charge in [-0.15, -0.1) is 0 Å². The predicted octanol–water partition coefficient (Wildman–Crippen LogP) is 3.58. The number of nitrogens with one attached hydrogen (secondary N) is 4. The van der Waals surface area contributed by atoms with E-state index >= 15 is 0 Å². The van der Waals surface area contributed by atoms with Crippen LogP contribution in [0.4, 0.5) is 16.2 Å². The monoisotopic (exact) mass is 420 g/mol. The number of furan rings is 2. The minimum Gasteiger partial charge on any atom is -0.461 e. The van der Waals surface area contributed by atoms with Gasteiger partial charge in [0.15, 0.2) is 11.5 Å². The van der Waals surface area contributed by atoms with Crippen LogP contribution in [0.5, 0.6) is 0 Å². The molecule has 0 aliphatic carbocycles. The number of aryl methyl sites for hydroxylation is 1. The normalized spacial score (nSPS) is 10.6. The van der Waals surface area contributed by atoms with E-state index < -0.39 is 0 Å². The Morgan fingerprint density at radius 3 is 2.65 bits per heavy atom. The lowest BCUT2D eigenvalue weighted by Crippen LogP contribution is -2.30. The Labute approximate surface area is 177 Å². The van der Waals surface area contributed by atoms with Crippen molar-refractivity contribution >= 4 is 23.3 Å². The molecule has 3 heterocycles. The quantitative estimate of drug-likeness (QED) is 0.360. The van der Waals surface area contributed by atoms with Crippen molar-refractivity contribution in [2.45, 2.75) is 13.3 Å². The van der Waals surface area contributed by atoms with E-state index in [0.717, 1.165) is 5.56 Å². The minimum atomic E-state index is -0.349. The summed E-state index contributed by atoms with van der Waals surface area (Å²) in [6.07, 6.45) is 3.48. The van der Waals surface area contributed by atoms with Crippen molar-refractivity contribution in [3.8, 4) is 11.6 Å². The topological polar surface area (TPSA) is 138 Å². The fourth-order valence-corrected chi connectivity index (χ4v) is 2.87. The standard InChI is InChI=1S/C21H20N6O4/c1-13-12-14(6-7-15(13)24-20(28)17-5-3-11-31-17)23-21(29)22-9-8-18-25-19(27-26-18)16-4-2-10-30-16/h2-7,10-12H,8-9H2,1H3,(H,24,28)(H2,22,23,29)(H,25,26,27). The molecule has 10 nitrogen and oxygen atoms in total. The number of urea groups is 1. The van der Waals surface area contributed by atoms with Gasteiger partial charge in [-0.3, -0.25) is 9.89 Å². The molecule has 0 fully saturated rings. The fourth-order valence-electron chi connectivity index (χ4n) is 2.87. The largest absolute Gasteiger partial charge is 0.461 e. The van der Waals surface area contributed by atoms with Crippen molar-refractivity contribution in [2.75, 3.05) is 17.2 Å². The molecule has 4 rings (SSSR count). The van der Waals surface area contributed by atoms with Crippen LogP contribution in [0.2, 0.25) is 0 Å². The highest BCUT2D eigenvalue weighted by Crippen LogP contribution is 2.20. The van der Waals surface area contributed by atoms with Crippen molar-refractivity contribution in [3.63, 3.8) is 0 Å². The van der Waals surface area contributed by atoms with Crippen LogP contribution < -0.4 is 16.0 Å². The summed E-state index contributed by atoms with van der Waals surface area (Å²) in [6, 6.07) is 11.6. The van der Waals surface area contributed by atoms with Gasteiger partial charge in [-0.05, 0) is 55.0 Å². The van der Waals surface area contributed by atoms with Crippen molar-refractivity contribution in [2.24, 2.45) is 0 Å². The second kappa shape index (κ2) is 8.99. The van der Waals surface area contributed by atoms with E-state index in [1.807, 2.05) is 6.92 Å². The van der Waals surface area contributed by atoms with E-state index in [-0.39, 0.29) is 17.7 Å². The van der Waals surface area contributed by atoms with Gasteiger partial charge in [-0.2, -0.15) is 5.10 Å². The van der Waals surface area contributed by atoms with Crippen LogP contribution in [0.25, 0.3) is 11.6 Å². The zero-order chi connectivity index (χ0) is 21.6. The van der Waals surface area contributed by atoms with Crippen molar-refractivity contribution in [3.05, 3.63) is 72.1 Å². The molecule has 0 bridgehead atoms. The SMILES string of the molecule is Cc1cc(NC(=O)NCCc2nc(-c3ccco3)n[nH]2)ccc1NC(=O)c1ccco1. The number of anilines is 2. The molecule has 0 aliphatic heterocycles. The van der Waals surface area contributed by atoms with Gasteiger partial charge in [0, 0.05) is 24.3 Å². The molecule has 0 radical (unpaired) electrons. The molecule has 158 valence electrons. The van der Waals surface area contributed by atoms with E-state index in [0.29, 0.717) is 41.7 Å². The first-order chi connectivity index (χ1) is 15.1. The molecule has 0 spiro atoms. The summed E-state index contributed by atoms with van der Waals surface area (Å²) in [7, 11) is 0. The third-order valence-corrected chi connectivity index (χ3v) is 4.40. The van der Waals surface area contributed by atoms with E-state index in [2.05, 4.69) is 31.1 Å². The number of aromatic amines is 1. The lowest BCUT2D eigenvalue weighted by atomic mass is 10.1. The molecule has 1 aromatic carbocycles. The number of hydrogen-bond donors (Lipinski definition) is 4. The van der Waals surface area contributed by atoms with Crippen molar-refractivity contribution < 1.29 is 18.4 Å². The van der Waals surface area contributed by atoms with Crippen molar-refractivity contribution in [1.29, 1.82) is 0 Å². The number of carbonyl (C=O) groups excluding carboxylic acids is 2. The number of H-pyrrole nitrogens is 1. The van der Waals surface area contributed by atoms with Gasteiger partial charge < -0.3 is 24.8 Å². The van der Waals surface area contributed by atoms with Crippen LogP contribution in [-0.4, -0.2) is 33.7 Å². The Morgan fingerprint density at radius 2 is 1.90 bits per heavy atom. The number of amides is 3. The summed E-state index contributed by atoms with van der Waals surface area (Å²) < 4.78 is 10.3. The fraction of sp³-hybridized carbons (Fsp3) is 0.143. The molecule has 0 atom stereocenters. The smallest absolute Gasteiger partial charge is 0.319 e. The Bertz CT molecular complexity index is 1160. The lowest BCUT2D eigenvalue weighted by molar-refractivity contribution is 0.0996. The molecule has 0 aliphatic rings. The summed E-state index contributed by atoms with van der Waals surface area (Å²) in [5, 5.41) is 15.2. The van der Waals surface area contributed by atoms with E-state index in [9.17, 15) is 9.59 Å². The van der Waals surface area contributed by atoms with Gasteiger partial charge in [0.25, 0.3) is 5.91 Å². The van der Waals surface area contributed by atoms with Gasteiger partial charge >= 0.3 is 6.03 Å². The molecule has 0 unspecified atom stereocenters. The Morgan fingerprint density at radius 1 is 1.06 bits per heavy atom. The molecule has 4 N–H and O–H groups in total. The zero-order valence-electron chi connectivity index (χ0n) is 16.6. The maximum Gasteiger partial charge on any atom is 0.319 e. The number of benzene rings is 1. The molecule has 0 saturated heterocycles. The molecular weight excluding hydrogens is 400 g/mol. The van der Waals surface area contributed by atoms with Crippen LogP contribution in [-0.2, 0) is 6.42 Å². The first-order valence-corrected chi connectivity index (χ1v) is 9.54. The number of aromatic nitrogens is 3. The number of carbonyl (C=O) groups is 2. The van der Waals surface area contributed by atoms with Crippen molar-refractivity contribution in [1.82, 2.24) is 20.5 Å². The zero-order valence-corrected chi connectivity index (χ0v) is 16.6. The van der Waals surface area contributed by atoms with E-state index in [4.69, 9.17) is 8.83 Å². The van der Waals surface area contributed by atoms with Gasteiger partial charge in [0.1, 0.15) is 5.82 Å². The van der Waals surface area contributed by atoms with E-state index in [1.54, 1.807) is 48.7 Å². The average molecular weight is 420 g/mol. The number of nitrogens with zero attached hydrogens (tertiary/aromatic N) is 2. The first kappa shape index (κ1) is 20.0.